The van der Waals surface area contributed by atoms with Gasteiger partial charge in [-0.05, 0) is 43.7 Å². The van der Waals surface area contributed by atoms with Gasteiger partial charge in [0.25, 0.3) is 0 Å². The van der Waals surface area contributed by atoms with Gasteiger partial charge in [0.05, 0.1) is 12.1 Å². The standard InChI is InChI=1S/C16H24N2O2/c1-10-4-5-13-9-11(2)15(14(13)8-10)18-16(20)17-7-6-12(3)19/h4-5,8,11-12,15,19H,6-7,9H2,1-3H3,(H2,17,18,20)/t11-,12+,15-/m1/s1. The predicted molar refractivity (Wildman–Crippen MR) is 79.6 cm³/mol. The van der Waals surface area contributed by atoms with Gasteiger partial charge in [0.2, 0.25) is 0 Å². The summed E-state index contributed by atoms with van der Waals surface area (Å²) in [5, 5.41) is 15.0. The van der Waals surface area contributed by atoms with Crippen molar-refractivity contribution in [3.63, 3.8) is 0 Å². The van der Waals surface area contributed by atoms with E-state index in [1.54, 1.807) is 6.92 Å². The molecule has 1 aliphatic rings. The Kier molecular flexibility index (Phi) is 4.65. The number of urea groups is 1. The number of nitrogens with one attached hydrogen (secondary N) is 2. The molecule has 0 bridgehead atoms. The summed E-state index contributed by atoms with van der Waals surface area (Å²) in [6.07, 6.45) is 1.20. The summed E-state index contributed by atoms with van der Waals surface area (Å²) >= 11 is 0. The van der Waals surface area contributed by atoms with Crippen molar-refractivity contribution in [1.29, 1.82) is 0 Å². The number of aryl methyl sites for hydroxylation is 1. The number of rotatable bonds is 4. The van der Waals surface area contributed by atoms with Crippen LogP contribution in [0.4, 0.5) is 4.79 Å². The third-order valence-electron chi connectivity index (χ3n) is 3.88. The molecule has 0 heterocycles. The number of hydrogen-bond acceptors (Lipinski definition) is 2. The van der Waals surface area contributed by atoms with Crippen LogP contribution in [0.1, 0.15) is 43.0 Å². The first-order chi connectivity index (χ1) is 9.47. The Balaban J connectivity index is 1.96. The molecular formula is C16H24N2O2. The van der Waals surface area contributed by atoms with Crippen LogP contribution >= 0.6 is 0 Å². The van der Waals surface area contributed by atoms with E-state index >= 15 is 0 Å². The Hall–Kier alpha value is -1.55. The van der Waals surface area contributed by atoms with E-state index in [9.17, 15) is 9.90 Å². The van der Waals surface area contributed by atoms with Crippen LogP contribution in [0.25, 0.3) is 0 Å². The van der Waals surface area contributed by atoms with Crippen LogP contribution in [-0.4, -0.2) is 23.8 Å². The lowest BCUT2D eigenvalue weighted by molar-refractivity contribution is 0.183. The second-order valence-electron chi connectivity index (χ2n) is 5.90. The lowest BCUT2D eigenvalue weighted by Gasteiger charge is -2.19. The van der Waals surface area contributed by atoms with E-state index in [1.807, 2.05) is 0 Å². The number of benzene rings is 1. The fraction of sp³-hybridized carbons (Fsp3) is 0.562. The summed E-state index contributed by atoms with van der Waals surface area (Å²) in [7, 11) is 0. The highest BCUT2D eigenvalue weighted by molar-refractivity contribution is 5.74. The summed E-state index contributed by atoms with van der Waals surface area (Å²) in [4.78, 5) is 11.9. The van der Waals surface area contributed by atoms with Crippen molar-refractivity contribution < 1.29 is 9.90 Å². The van der Waals surface area contributed by atoms with Crippen LogP contribution in [-0.2, 0) is 6.42 Å². The summed E-state index contributed by atoms with van der Waals surface area (Å²) in [5.41, 5.74) is 3.79. The maximum Gasteiger partial charge on any atom is 0.315 e. The maximum absolute atomic E-state index is 11.9. The third kappa shape index (κ3) is 3.51. The lowest BCUT2D eigenvalue weighted by Crippen LogP contribution is -2.40. The van der Waals surface area contributed by atoms with Gasteiger partial charge in [-0.25, -0.2) is 4.79 Å². The van der Waals surface area contributed by atoms with Crippen LogP contribution < -0.4 is 10.6 Å². The van der Waals surface area contributed by atoms with E-state index in [-0.39, 0.29) is 18.2 Å². The van der Waals surface area contributed by atoms with Gasteiger partial charge in [0, 0.05) is 6.54 Å². The van der Waals surface area contributed by atoms with E-state index in [1.165, 1.54) is 16.7 Å². The first-order valence-corrected chi connectivity index (χ1v) is 7.29. The van der Waals surface area contributed by atoms with Gasteiger partial charge in [-0.1, -0.05) is 30.7 Å². The van der Waals surface area contributed by atoms with Gasteiger partial charge in [-0.2, -0.15) is 0 Å². The maximum atomic E-state index is 11.9. The minimum atomic E-state index is -0.385. The smallest absolute Gasteiger partial charge is 0.315 e. The van der Waals surface area contributed by atoms with Gasteiger partial charge in [-0.3, -0.25) is 0 Å². The zero-order chi connectivity index (χ0) is 14.7. The third-order valence-corrected chi connectivity index (χ3v) is 3.88. The van der Waals surface area contributed by atoms with Crippen molar-refractivity contribution in [1.82, 2.24) is 10.6 Å². The number of carbonyl (C=O) groups is 1. The lowest BCUT2D eigenvalue weighted by atomic mass is 10.0. The second kappa shape index (κ2) is 6.27. The SMILES string of the molecule is Cc1ccc2c(c1)[C@H](NC(=O)NCC[C@H](C)O)[C@H](C)C2. The molecule has 1 aliphatic carbocycles. The summed E-state index contributed by atoms with van der Waals surface area (Å²) in [6.45, 7) is 6.45. The summed E-state index contributed by atoms with van der Waals surface area (Å²) in [5.74, 6) is 0.411. The van der Waals surface area contributed by atoms with Crippen LogP contribution in [0.5, 0.6) is 0 Å². The molecule has 1 aromatic carbocycles. The molecule has 4 heteroatoms. The molecule has 0 saturated carbocycles. The molecule has 20 heavy (non-hydrogen) atoms. The normalized spacial score (nSPS) is 22.2. The monoisotopic (exact) mass is 276 g/mol. The van der Waals surface area contributed by atoms with Crippen molar-refractivity contribution in [2.75, 3.05) is 6.54 Å². The van der Waals surface area contributed by atoms with Crippen molar-refractivity contribution in [3.8, 4) is 0 Å². The van der Waals surface area contributed by atoms with Crippen LogP contribution in [0.3, 0.4) is 0 Å². The quantitative estimate of drug-likeness (QED) is 0.790. The van der Waals surface area contributed by atoms with Crippen molar-refractivity contribution in [3.05, 3.63) is 34.9 Å². The number of hydrogen-bond donors (Lipinski definition) is 3. The zero-order valence-electron chi connectivity index (χ0n) is 12.4. The molecule has 0 spiro atoms. The molecule has 2 amide bonds. The fourth-order valence-electron chi connectivity index (χ4n) is 2.77. The van der Waals surface area contributed by atoms with Crippen LogP contribution in [0.15, 0.2) is 18.2 Å². The molecule has 0 fully saturated rings. The highest BCUT2D eigenvalue weighted by Crippen LogP contribution is 2.36. The Bertz CT molecular complexity index is 485. The van der Waals surface area contributed by atoms with Gasteiger partial charge in [0.1, 0.15) is 0 Å². The molecule has 0 unspecified atom stereocenters. The topological polar surface area (TPSA) is 61.4 Å². The van der Waals surface area contributed by atoms with Gasteiger partial charge >= 0.3 is 6.03 Å². The molecule has 1 aromatic rings. The van der Waals surface area contributed by atoms with E-state index in [4.69, 9.17) is 0 Å². The van der Waals surface area contributed by atoms with Crippen molar-refractivity contribution in [2.45, 2.75) is 45.8 Å². The van der Waals surface area contributed by atoms with Gasteiger partial charge < -0.3 is 15.7 Å². The van der Waals surface area contributed by atoms with E-state index in [2.05, 4.69) is 42.7 Å². The Morgan fingerprint density at radius 2 is 2.25 bits per heavy atom. The molecule has 0 aliphatic heterocycles. The number of fused-ring (bicyclic) bond motifs is 1. The molecule has 3 N–H and O–H groups in total. The number of amides is 2. The van der Waals surface area contributed by atoms with Crippen molar-refractivity contribution >= 4 is 6.03 Å². The van der Waals surface area contributed by atoms with Gasteiger partial charge in [0.15, 0.2) is 0 Å². The first kappa shape index (κ1) is 14.9. The molecule has 2 rings (SSSR count). The minimum Gasteiger partial charge on any atom is -0.393 e. The molecule has 4 nitrogen and oxygen atoms in total. The molecule has 0 aromatic heterocycles. The predicted octanol–water partition coefficient (Wildman–Crippen LogP) is 2.30. The molecular weight excluding hydrogens is 252 g/mol. The molecule has 3 atom stereocenters. The highest BCUT2D eigenvalue weighted by Gasteiger charge is 2.30. The molecule has 0 saturated heterocycles. The van der Waals surface area contributed by atoms with E-state index in [0.717, 1.165) is 6.42 Å². The average Bonchev–Trinajstić information content (AvgIpc) is 2.65. The summed E-state index contributed by atoms with van der Waals surface area (Å²) < 4.78 is 0. The minimum absolute atomic E-state index is 0.0800. The van der Waals surface area contributed by atoms with E-state index < -0.39 is 0 Å². The fourth-order valence-corrected chi connectivity index (χ4v) is 2.77. The second-order valence-corrected chi connectivity index (χ2v) is 5.90. The largest absolute Gasteiger partial charge is 0.393 e. The molecule has 0 radical (unpaired) electrons. The first-order valence-electron chi connectivity index (χ1n) is 7.29. The van der Waals surface area contributed by atoms with E-state index in [0.29, 0.717) is 18.9 Å². The molecule has 110 valence electrons. The Labute approximate surface area is 120 Å². The average molecular weight is 276 g/mol. The van der Waals surface area contributed by atoms with Crippen LogP contribution in [0, 0.1) is 12.8 Å². The van der Waals surface area contributed by atoms with Crippen molar-refractivity contribution in [2.24, 2.45) is 5.92 Å². The number of aliphatic hydroxyl groups excluding tert-OH is 1. The van der Waals surface area contributed by atoms with Gasteiger partial charge in [-0.15, -0.1) is 0 Å². The number of carbonyl (C=O) groups excluding carboxylic acids is 1. The highest BCUT2D eigenvalue weighted by atomic mass is 16.3. The zero-order valence-corrected chi connectivity index (χ0v) is 12.4. The summed E-state index contributed by atoms with van der Waals surface area (Å²) in [6, 6.07) is 6.37. The number of aliphatic hydroxyl groups is 1. The Morgan fingerprint density at radius 1 is 1.50 bits per heavy atom. The van der Waals surface area contributed by atoms with Crippen LogP contribution in [0.2, 0.25) is 0 Å². The Morgan fingerprint density at radius 3 is 2.95 bits per heavy atom.